The van der Waals surface area contributed by atoms with Crippen LogP contribution in [-0.2, 0) is 11.3 Å². The van der Waals surface area contributed by atoms with Crippen molar-refractivity contribution in [3.8, 4) is 11.4 Å². The van der Waals surface area contributed by atoms with Crippen LogP contribution in [0.1, 0.15) is 5.56 Å². The zero-order valence-corrected chi connectivity index (χ0v) is 13.3. The molecule has 0 saturated heterocycles. The fraction of sp³-hybridized carbons (Fsp3) is 0.125. The van der Waals surface area contributed by atoms with Gasteiger partial charge in [0.25, 0.3) is 5.69 Å². The molecule has 1 heterocycles. The number of hydrogen-bond acceptors (Lipinski definition) is 6. The fourth-order valence-electron chi connectivity index (χ4n) is 2.19. The molecule has 0 aliphatic heterocycles. The molecule has 3 rings (SSSR count). The van der Waals surface area contributed by atoms with Crippen LogP contribution in [0, 0.1) is 17.0 Å². The summed E-state index contributed by atoms with van der Waals surface area (Å²) in [6, 6.07) is 13.6. The smallest absolute Gasteiger partial charge is 0.271 e. The maximum absolute atomic E-state index is 12.2. The van der Waals surface area contributed by atoms with Gasteiger partial charge in [-0.15, -0.1) is 10.2 Å². The average molecular weight is 338 g/mol. The van der Waals surface area contributed by atoms with E-state index in [9.17, 15) is 14.9 Å². The van der Waals surface area contributed by atoms with Gasteiger partial charge in [0.05, 0.1) is 10.6 Å². The minimum Gasteiger partial charge on any atom is -0.324 e. The Morgan fingerprint density at radius 1 is 1.24 bits per heavy atom. The number of nitrogens with one attached hydrogen (secondary N) is 1. The molecule has 0 radical (unpaired) electrons. The van der Waals surface area contributed by atoms with Crippen LogP contribution < -0.4 is 5.32 Å². The second kappa shape index (κ2) is 6.87. The molecule has 3 aromatic rings. The molecule has 1 N–H and O–H groups in total. The van der Waals surface area contributed by atoms with E-state index in [1.165, 1.54) is 16.9 Å². The number of amides is 1. The molecule has 1 aromatic heterocycles. The number of benzene rings is 2. The van der Waals surface area contributed by atoms with E-state index < -0.39 is 10.8 Å². The molecule has 0 atom stereocenters. The Morgan fingerprint density at radius 2 is 2.00 bits per heavy atom. The minimum atomic E-state index is -0.514. The van der Waals surface area contributed by atoms with Crippen LogP contribution in [0.4, 0.5) is 11.4 Å². The van der Waals surface area contributed by atoms with Crippen molar-refractivity contribution in [2.24, 2.45) is 0 Å². The summed E-state index contributed by atoms with van der Waals surface area (Å²) in [6.07, 6.45) is 0. The van der Waals surface area contributed by atoms with Gasteiger partial charge in [-0.25, -0.2) is 0 Å². The van der Waals surface area contributed by atoms with E-state index in [1.54, 1.807) is 13.0 Å². The van der Waals surface area contributed by atoms with Crippen LogP contribution in [0.2, 0.25) is 0 Å². The largest absolute Gasteiger partial charge is 0.324 e. The summed E-state index contributed by atoms with van der Waals surface area (Å²) in [5, 5.41) is 25.4. The lowest BCUT2D eigenvalue weighted by atomic mass is 10.2. The second-order valence-electron chi connectivity index (χ2n) is 5.31. The first-order valence-electron chi connectivity index (χ1n) is 7.41. The van der Waals surface area contributed by atoms with Gasteiger partial charge in [-0.2, -0.15) is 4.80 Å². The number of carbonyl (C=O) groups is 1. The molecule has 2 aromatic carbocycles. The van der Waals surface area contributed by atoms with Crippen molar-refractivity contribution >= 4 is 17.3 Å². The van der Waals surface area contributed by atoms with E-state index in [-0.39, 0.29) is 12.2 Å². The highest BCUT2D eigenvalue weighted by Gasteiger charge is 2.13. The van der Waals surface area contributed by atoms with Gasteiger partial charge < -0.3 is 5.32 Å². The van der Waals surface area contributed by atoms with Gasteiger partial charge in [0, 0.05) is 17.7 Å². The van der Waals surface area contributed by atoms with E-state index in [1.807, 2.05) is 30.3 Å². The molecule has 1 amide bonds. The Bertz CT molecular complexity index is 923. The Balaban J connectivity index is 1.70. The number of aromatic nitrogens is 4. The molecular weight excluding hydrogens is 324 g/mol. The minimum absolute atomic E-state index is 0.0915. The number of non-ortho nitro benzene ring substituents is 1. The first kappa shape index (κ1) is 16.2. The number of nitrogens with zero attached hydrogens (tertiary/aromatic N) is 5. The summed E-state index contributed by atoms with van der Waals surface area (Å²) >= 11 is 0. The van der Waals surface area contributed by atoms with Gasteiger partial charge >= 0.3 is 0 Å². The van der Waals surface area contributed by atoms with Crippen molar-refractivity contribution in [3.63, 3.8) is 0 Å². The Kier molecular flexibility index (Phi) is 4.46. The normalized spacial score (nSPS) is 10.4. The summed E-state index contributed by atoms with van der Waals surface area (Å²) < 4.78 is 0. The zero-order valence-electron chi connectivity index (χ0n) is 13.3. The number of nitro groups is 1. The number of nitro benzene ring substituents is 1. The molecule has 0 unspecified atom stereocenters. The van der Waals surface area contributed by atoms with Crippen molar-refractivity contribution < 1.29 is 9.72 Å². The third-order valence-electron chi connectivity index (χ3n) is 3.48. The van der Waals surface area contributed by atoms with Crippen molar-refractivity contribution in [2.75, 3.05) is 5.32 Å². The van der Waals surface area contributed by atoms with Crippen LogP contribution in [0.3, 0.4) is 0 Å². The van der Waals surface area contributed by atoms with Crippen LogP contribution in [-0.4, -0.2) is 31.0 Å². The molecule has 25 heavy (non-hydrogen) atoms. The highest BCUT2D eigenvalue weighted by atomic mass is 16.6. The van der Waals surface area contributed by atoms with E-state index in [0.29, 0.717) is 11.5 Å². The Hall–Kier alpha value is -3.62. The molecule has 0 bridgehead atoms. The van der Waals surface area contributed by atoms with E-state index in [4.69, 9.17) is 0 Å². The number of anilines is 1. The highest BCUT2D eigenvalue weighted by molar-refractivity contribution is 5.91. The van der Waals surface area contributed by atoms with Crippen molar-refractivity contribution in [1.29, 1.82) is 0 Å². The molecule has 0 spiro atoms. The quantitative estimate of drug-likeness (QED) is 0.563. The maximum Gasteiger partial charge on any atom is 0.271 e. The molecule has 126 valence electrons. The standard InChI is InChI=1S/C16H14N6O3/c1-11-7-8-13(22(24)25)9-14(11)17-15(23)10-21-19-16(18-20-21)12-5-3-2-4-6-12/h2-9H,10H2,1H3,(H,17,23). The Morgan fingerprint density at radius 3 is 2.72 bits per heavy atom. The summed E-state index contributed by atoms with van der Waals surface area (Å²) in [5.74, 6) is 0.0144. The third kappa shape index (κ3) is 3.83. The molecule has 0 saturated carbocycles. The van der Waals surface area contributed by atoms with Crippen LogP contribution >= 0.6 is 0 Å². The van der Waals surface area contributed by atoms with Gasteiger partial charge in [0.1, 0.15) is 6.54 Å². The van der Waals surface area contributed by atoms with Crippen LogP contribution in [0.15, 0.2) is 48.5 Å². The first-order chi connectivity index (χ1) is 12.0. The molecule has 0 fully saturated rings. The number of hydrogen-bond donors (Lipinski definition) is 1. The summed E-state index contributed by atoms with van der Waals surface area (Å²) in [5.41, 5.74) is 1.80. The van der Waals surface area contributed by atoms with Crippen molar-refractivity contribution in [1.82, 2.24) is 20.2 Å². The van der Waals surface area contributed by atoms with Gasteiger partial charge in [0.2, 0.25) is 11.7 Å². The lowest BCUT2D eigenvalue weighted by molar-refractivity contribution is -0.384. The highest BCUT2D eigenvalue weighted by Crippen LogP contribution is 2.21. The van der Waals surface area contributed by atoms with E-state index >= 15 is 0 Å². The molecule has 0 aliphatic rings. The zero-order chi connectivity index (χ0) is 17.8. The van der Waals surface area contributed by atoms with E-state index in [2.05, 4.69) is 20.7 Å². The monoisotopic (exact) mass is 338 g/mol. The third-order valence-corrected chi connectivity index (χ3v) is 3.48. The van der Waals surface area contributed by atoms with Crippen LogP contribution in [0.25, 0.3) is 11.4 Å². The lowest BCUT2D eigenvalue weighted by Crippen LogP contribution is -2.21. The number of rotatable bonds is 5. The Labute approximate surface area is 142 Å². The molecule has 9 heteroatoms. The van der Waals surface area contributed by atoms with Crippen molar-refractivity contribution in [3.05, 3.63) is 64.2 Å². The lowest BCUT2D eigenvalue weighted by Gasteiger charge is -2.07. The summed E-state index contributed by atoms with van der Waals surface area (Å²) in [6.45, 7) is 1.60. The van der Waals surface area contributed by atoms with Gasteiger partial charge in [-0.05, 0) is 17.7 Å². The molecular formula is C16H14N6O3. The van der Waals surface area contributed by atoms with Crippen molar-refractivity contribution in [2.45, 2.75) is 13.5 Å². The van der Waals surface area contributed by atoms with Gasteiger partial charge in [-0.1, -0.05) is 36.4 Å². The predicted octanol–water partition coefficient (Wildman–Crippen LogP) is 2.20. The summed E-state index contributed by atoms with van der Waals surface area (Å²) in [7, 11) is 0. The first-order valence-corrected chi connectivity index (χ1v) is 7.41. The van der Waals surface area contributed by atoms with Gasteiger partial charge in [-0.3, -0.25) is 14.9 Å². The SMILES string of the molecule is Cc1ccc([N+](=O)[O-])cc1NC(=O)Cn1nnc(-c2ccccc2)n1. The second-order valence-corrected chi connectivity index (χ2v) is 5.31. The van der Waals surface area contributed by atoms with Crippen LogP contribution in [0.5, 0.6) is 0 Å². The number of carbonyl (C=O) groups excluding carboxylic acids is 1. The molecule has 0 aliphatic carbocycles. The maximum atomic E-state index is 12.2. The molecule has 9 nitrogen and oxygen atoms in total. The number of aryl methyl sites for hydroxylation is 1. The predicted molar refractivity (Wildman–Crippen MR) is 89.7 cm³/mol. The van der Waals surface area contributed by atoms with Gasteiger partial charge in [0.15, 0.2) is 0 Å². The van der Waals surface area contributed by atoms with E-state index in [0.717, 1.165) is 11.1 Å². The fourth-order valence-corrected chi connectivity index (χ4v) is 2.19. The summed E-state index contributed by atoms with van der Waals surface area (Å²) in [4.78, 5) is 23.6. The number of tetrazole rings is 1. The average Bonchev–Trinajstić information content (AvgIpc) is 3.06. The topological polar surface area (TPSA) is 116 Å².